The lowest BCUT2D eigenvalue weighted by Crippen LogP contribution is -2.59. The van der Waals surface area contributed by atoms with Crippen LogP contribution >= 0.6 is 11.6 Å². The van der Waals surface area contributed by atoms with E-state index < -0.39 is 37.9 Å². The van der Waals surface area contributed by atoms with Crippen molar-refractivity contribution >= 4 is 43.4 Å². The predicted molar refractivity (Wildman–Crippen MR) is 145 cm³/mol. The Labute approximate surface area is 226 Å². The number of phenolic OH excluding ortho intramolecular Hbond substituents is 1. The number of phenols is 1. The van der Waals surface area contributed by atoms with Gasteiger partial charge < -0.3 is 30.0 Å². The van der Waals surface area contributed by atoms with Gasteiger partial charge in [-0.15, -0.1) is 11.6 Å². The van der Waals surface area contributed by atoms with Gasteiger partial charge in [0.05, 0.1) is 18.8 Å². The molecular formula is C27H32ClN3O6Si. The van der Waals surface area contributed by atoms with Crippen LogP contribution in [-0.4, -0.2) is 63.5 Å². The molecule has 2 aliphatic heterocycles. The first-order valence-corrected chi connectivity index (χ1v) is 16.6. The Morgan fingerprint density at radius 2 is 2.13 bits per heavy atom. The first kappa shape index (κ1) is 26.5. The molecule has 5 rings (SSSR count). The fraction of sp³-hybridized carbons (Fsp3) is 0.444. The molecule has 2 unspecified atom stereocenters. The number of nitrogens with two attached hydrogens (primary N) is 1. The largest absolute Gasteiger partial charge is 0.508 e. The van der Waals surface area contributed by atoms with E-state index >= 15 is 0 Å². The van der Waals surface area contributed by atoms with Gasteiger partial charge in [0.15, 0.2) is 0 Å². The Kier molecular flexibility index (Phi) is 6.69. The Morgan fingerprint density at radius 3 is 2.82 bits per heavy atom. The van der Waals surface area contributed by atoms with Crippen LogP contribution in [0.25, 0.3) is 11.8 Å². The third-order valence-electron chi connectivity index (χ3n) is 7.88. The molecular weight excluding hydrogens is 526 g/mol. The van der Waals surface area contributed by atoms with Crippen molar-refractivity contribution in [2.24, 2.45) is 5.73 Å². The highest BCUT2D eigenvalue weighted by molar-refractivity contribution is 6.79. The van der Waals surface area contributed by atoms with Crippen molar-refractivity contribution in [3.63, 3.8) is 0 Å². The smallest absolute Gasteiger partial charge is 0.355 e. The zero-order valence-electron chi connectivity index (χ0n) is 21.7. The topological polar surface area (TPSA) is 137 Å². The van der Waals surface area contributed by atoms with Gasteiger partial charge in [0.1, 0.15) is 36.1 Å². The number of alkyl halides is 1. The van der Waals surface area contributed by atoms with Crippen LogP contribution in [0.4, 0.5) is 0 Å². The number of aromatic nitrogens is 2. The fourth-order valence-corrected chi connectivity index (χ4v) is 9.11. The Morgan fingerprint density at radius 1 is 1.37 bits per heavy atom. The molecule has 0 amide bonds. The second-order valence-electron chi connectivity index (χ2n) is 10.7. The van der Waals surface area contributed by atoms with Crippen molar-refractivity contribution in [2.75, 3.05) is 12.4 Å². The number of hydrogen-bond acceptors (Lipinski definition) is 8. The Hall–Kier alpha value is -3.08. The number of imidazole rings is 1. The number of cyclic esters (lactones) is 1. The van der Waals surface area contributed by atoms with Crippen LogP contribution in [-0.2, 0) is 32.0 Å². The highest BCUT2D eigenvalue weighted by atomic mass is 35.5. The summed E-state index contributed by atoms with van der Waals surface area (Å²) in [5.41, 5.74) is 7.25. The minimum atomic E-state index is -2.34. The molecule has 3 aliphatic rings. The summed E-state index contributed by atoms with van der Waals surface area (Å²) in [6.45, 7) is 6.02. The van der Waals surface area contributed by atoms with Gasteiger partial charge in [0.25, 0.3) is 0 Å². The van der Waals surface area contributed by atoms with Crippen molar-refractivity contribution in [2.45, 2.75) is 63.2 Å². The van der Waals surface area contributed by atoms with Crippen LogP contribution in [0.2, 0.25) is 19.1 Å². The summed E-state index contributed by atoms with van der Waals surface area (Å²) in [7, 11) is -2.34. The standard InChI is InChI=1S/C27H32ClN3O6Si/c1-4-27(37-21(33)13-29)18-12-19-23(31-14-15-6-7-17(32)10-16(15)11-20(31)30-19)24(34)22(18)25(36-26(27)35)38(2,3)9-5-8-28/h6-7,10-11,25,32,34H,4-5,8-9,12-14,29H2,1-3H3. The summed E-state index contributed by atoms with van der Waals surface area (Å²) in [5, 5.41) is 22.5. The minimum absolute atomic E-state index is 0.0128. The highest BCUT2D eigenvalue weighted by Gasteiger charge is 2.57. The molecule has 0 bridgehead atoms. The number of ether oxygens (including phenoxy) is 2. The van der Waals surface area contributed by atoms with Gasteiger partial charge in [-0.3, -0.25) is 4.79 Å². The van der Waals surface area contributed by atoms with Crippen LogP contribution < -0.4 is 16.6 Å². The molecule has 0 spiro atoms. The highest BCUT2D eigenvalue weighted by Crippen LogP contribution is 2.44. The van der Waals surface area contributed by atoms with Crippen molar-refractivity contribution in [3.05, 3.63) is 57.0 Å². The molecule has 2 aromatic rings. The SMILES string of the molecule is CCC1(OC(=O)CN)C(=O)OC([Si](C)(C)CCCCl)C2=C1Cc1nc3n(c1=C2O)Cc1ccc(O)cc1C=3. The van der Waals surface area contributed by atoms with Crippen LogP contribution in [0, 0.1) is 0 Å². The van der Waals surface area contributed by atoms with E-state index in [1.807, 2.05) is 16.7 Å². The number of halogens is 1. The summed E-state index contributed by atoms with van der Waals surface area (Å²) >= 11 is 6.01. The van der Waals surface area contributed by atoms with Gasteiger partial charge in [-0.1, -0.05) is 32.1 Å². The summed E-state index contributed by atoms with van der Waals surface area (Å²) in [6.07, 6.45) is 2.95. The summed E-state index contributed by atoms with van der Waals surface area (Å²) in [4.78, 5) is 30.9. The van der Waals surface area contributed by atoms with E-state index in [4.69, 9.17) is 31.8 Å². The van der Waals surface area contributed by atoms with E-state index in [1.165, 1.54) is 0 Å². The van der Waals surface area contributed by atoms with Crippen molar-refractivity contribution < 1.29 is 29.3 Å². The first-order valence-electron chi connectivity index (χ1n) is 12.8. The lowest BCUT2D eigenvalue weighted by molar-refractivity contribution is -0.181. The van der Waals surface area contributed by atoms with Crippen LogP contribution in [0.5, 0.6) is 5.75 Å². The molecule has 202 valence electrons. The number of esters is 2. The molecule has 0 fully saturated rings. The van der Waals surface area contributed by atoms with Gasteiger partial charge >= 0.3 is 11.9 Å². The van der Waals surface area contributed by atoms with E-state index in [-0.39, 0.29) is 24.4 Å². The third kappa shape index (κ3) is 4.06. The van der Waals surface area contributed by atoms with E-state index in [0.717, 1.165) is 23.6 Å². The lowest BCUT2D eigenvalue weighted by atomic mass is 9.79. The number of nitrogens with zero attached hydrogens (tertiary/aromatic N) is 2. The number of aliphatic hydroxyl groups is 1. The normalized spacial score (nSPS) is 22.1. The van der Waals surface area contributed by atoms with E-state index in [0.29, 0.717) is 40.1 Å². The number of hydrogen-bond donors (Lipinski definition) is 3. The molecule has 0 radical (unpaired) electrons. The third-order valence-corrected chi connectivity index (χ3v) is 11.6. The van der Waals surface area contributed by atoms with Gasteiger partial charge in [-0.05, 0) is 42.2 Å². The average Bonchev–Trinajstić information content (AvgIpc) is 3.24. The van der Waals surface area contributed by atoms with Crippen LogP contribution in [0.15, 0.2) is 29.3 Å². The predicted octanol–water partition coefficient (Wildman–Crippen LogP) is 1.75. The monoisotopic (exact) mass is 557 g/mol. The zero-order chi connectivity index (χ0) is 27.4. The second kappa shape index (κ2) is 9.59. The van der Waals surface area contributed by atoms with E-state index in [2.05, 4.69) is 13.1 Å². The first-order chi connectivity index (χ1) is 18.1. The Balaban J connectivity index is 1.76. The molecule has 0 saturated carbocycles. The van der Waals surface area contributed by atoms with Crippen molar-refractivity contribution in [1.29, 1.82) is 0 Å². The Bertz CT molecular complexity index is 1500. The minimum Gasteiger partial charge on any atom is -0.508 e. The summed E-state index contributed by atoms with van der Waals surface area (Å²) in [6, 6.07) is 5.95. The number of aromatic hydroxyl groups is 1. The quantitative estimate of drug-likeness (QED) is 0.227. The number of rotatable bonds is 7. The molecule has 9 nitrogen and oxygen atoms in total. The number of aliphatic hydroxyl groups excluding tert-OH is 1. The molecule has 11 heteroatoms. The average molecular weight is 558 g/mol. The second-order valence-corrected chi connectivity index (χ2v) is 16.1. The van der Waals surface area contributed by atoms with Crippen LogP contribution in [0.1, 0.15) is 36.6 Å². The van der Waals surface area contributed by atoms with Crippen molar-refractivity contribution in [3.8, 4) is 5.75 Å². The fourth-order valence-electron chi connectivity index (χ4n) is 5.88. The maximum absolute atomic E-state index is 13.7. The number of carbonyl (C=O) groups excluding carboxylic acids is 2. The van der Waals surface area contributed by atoms with Gasteiger partial charge in [0.2, 0.25) is 5.60 Å². The van der Waals surface area contributed by atoms with E-state index in [1.54, 1.807) is 19.1 Å². The van der Waals surface area contributed by atoms with Crippen molar-refractivity contribution in [1.82, 2.24) is 9.55 Å². The molecule has 1 aromatic heterocycles. The van der Waals surface area contributed by atoms with Gasteiger partial charge in [-0.25, -0.2) is 9.78 Å². The zero-order valence-corrected chi connectivity index (χ0v) is 23.5. The lowest BCUT2D eigenvalue weighted by Gasteiger charge is -2.45. The number of carbonyl (C=O) groups is 2. The molecule has 38 heavy (non-hydrogen) atoms. The maximum Gasteiger partial charge on any atom is 0.355 e. The van der Waals surface area contributed by atoms with Crippen LogP contribution in [0.3, 0.4) is 0 Å². The van der Waals surface area contributed by atoms with E-state index in [9.17, 15) is 19.8 Å². The maximum atomic E-state index is 13.7. The number of fused-ring (bicyclic) bond motifs is 4. The van der Waals surface area contributed by atoms with Gasteiger partial charge in [0, 0.05) is 23.4 Å². The molecule has 1 aliphatic carbocycles. The van der Waals surface area contributed by atoms with Gasteiger partial charge in [-0.2, -0.15) is 0 Å². The molecule has 1 aromatic carbocycles. The molecule has 0 saturated heterocycles. The number of benzene rings is 1. The molecule has 4 N–H and O–H groups in total. The summed E-state index contributed by atoms with van der Waals surface area (Å²) in [5.74, 6) is -0.747. The molecule has 3 heterocycles. The summed E-state index contributed by atoms with van der Waals surface area (Å²) < 4.78 is 13.8. The molecule has 2 atom stereocenters.